The third kappa shape index (κ3) is 6.10. The average Bonchev–Trinajstić information content (AvgIpc) is 2.57. The number of anilines is 1. The lowest BCUT2D eigenvalue weighted by atomic mass is 10.1. The van der Waals surface area contributed by atoms with Crippen LogP contribution in [-0.4, -0.2) is 33.2 Å². The summed E-state index contributed by atoms with van der Waals surface area (Å²) in [5.74, 6) is -0.300. The van der Waals surface area contributed by atoms with Gasteiger partial charge in [-0.05, 0) is 56.9 Å². The van der Waals surface area contributed by atoms with E-state index in [0.29, 0.717) is 12.2 Å². The summed E-state index contributed by atoms with van der Waals surface area (Å²) >= 11 is 0. The number of benzene rings is 2. The number of aryl methyl sites for hydroxylation is 3. The van der Waals surface area contributed by atoms with Crippen LogP contribution in [0.25, 0.3) is 0 Å². The molecule has 0 radical (unpaired) electrons. The van der Waals surface area contributed by atoms with E-state index in [0.717, 1.165) is 24.7 Å². The van der Waals surface area contributed by atoms with E-state index in [1.807, 2.05) is 19.1 Å². The summed E-state index contributed by atoms with van der Waals surface area (Å²) in [4.78, 5) is 12.5. The van der Waals surface area contributed by atoms with Crippen molar-refractivity contribution in [3.05, 3.63) is 65.2 Å². The van der Waals surface area contributed by atoms with Crippen molar-refractivity contribution in [2.75, 3.05) is 17.1 Å². The predicted molar refractivity (Wildman–Crippen MR) is 110 cm³/mol. The van der Waals surface area contributed by atoms with Crippen LogP contribution in [0.3, 0.4) is 0 Å². The Labute approximate surface area is 162 Å². The van der Waals surface area contributed by atoms with Crippen LogP contribution in [0.5, 0.6) is 0 Å². The Balaban J connectivity index is 1.98. The Morgan fingerprint density at radius 3 is 2.30 bits per heavy atom. The van der Waals surface area contributed by atoms with Gasteiger partial charge in [-0.2, -0.15) is 0 Å². The van der Waals surface area contributed by atoms with Crippen LogP contribution in [-0.2, 0) is 21.2 Å². The molecule has 0 aliphatic rings. The molecule has 0 heterocycles. The standard InChI is InChI=1S/C21H28N2O3S/c1-16-8-5-10-19(14-16)11-7-13-22-21(24)18(3)23(27(4,25)26)20-12-6-9-17(2)15-20/h5-6,8-10,12,14-15,18H,7,11,13H2,1-4H3,(H,22,24)/t18-/m1/s1. The molecule has 6 heteroatoms. The molecule has 2 rings (SSSR count). The van der Waals surface area contributed by atoms with Crippen LogP contribution in [0.1, 0.15) is 30.0 Å². The number of nitrogens with one attached hydrogen (secondary N) is 1. The van der Waals surface area contributed by atoms with Gasteiger partial charge in [-0.3, -0.25) is 9.10 Å². The third-order valence-electron chi connectivity index (χ3n) is 4.37. The molecule has 1 atom stereocenters. The van der Waals surface area contributed by atoms with Crippen molar-refractivity contribution in [2.24, 2.45) is 0 Å². The van der Waals surface area contributed by atoms with E-state index in [2.05, 4.69) is 30.4 Å². The maximum atomic E-state index is 12.5. The summed E-state index contributed by atoms with van der Waals surface area (Å²) in [5, 5.41) is 2.86. The molecule has 0 bridgehead atoms. The first-order chi connectivity index (χ1) is 12.7. The SMILES string of the molecule is Cc1cccc(CCCNC(=O)[C@@H](C)N(c2cccc(C)c2)S(C)(=O)=O)c1. The molecule has 146 valence electrons. The number of rotatable bonds is 8. The van der Waals surface area contributed by atoms with Crippen LogP contribution < -0.4 is 9.62 Å². The van der Waals surface area contributed by atoms with Gasteiger partial charge in [0.1, 0.15) is 6.04 Å². The van der Waals surface area contributed by atoms with Crippen molar-refractivity contribution in [3.8, 4) is 0 Å². The second-order valence-corrected chi connectivity index (χ2v) is 8.82. The maximum Gasteiger partial charge on any atom is 0.243 e. The second kappa shape index (κ2) is 9.04. The van der Waals surface area contributed by atoms with E-state index in [1.165, 1.54) is 15.4 Å². The fourth-order valence-electron chi connectivity index (χ4n) is 3.09. The minimum absolute atomic E-state index is 0.300. The van der Waals surface area contributed by atoms with E-state index in [9.17, 15) is 13.2 Å². The van der Waals surface area contributed by atoms with E-state index >= 15 is 0 Å². The molecule has 0 unspecified atom stereocenters. The average molecular weight is 389 g/mol. The number of amides is 1. The zero-order valence-electron chi connectivity index (χ0n) is 16.4. The van der Waals surface area contributed by atoms with Gasteiger partial charge in [-0.25, -0.2) is 8.42 Å². The molecule has 0 aliphatic carbocycles. The first-order valence-corrected chi connectivity index (χ1v) is 10.9. The number of hydrogen-bond donors (Lipinski definition) is 1. The Morgan fingerprint density at radius 1 is 1.07 bits per heavy atom. The Kier molecular flexibility index (Phi) is 7.02. The molecule has 2 aromatic carbocycles. The van der Waals surface area contributed by atoms with Crippen LogP contribution >= 0.6 is 0 Å². The molecule has 27 heavy (non-hydrogen) atoms. The maximum absolute atomic E-state index is 12.5. The fourth-order valence-corrected chi connectivity index (χ4v) is 4.26. The van der Waals surface area contributed by atoms with Crippen molar-refractivity contribution < 1.29 is 13.2 Å². The topological polar surface area (TPSA) is 66.5 Å². The van der Waals surface area contributed by atoms with Crippen LogP contribution in [0, 0.1) is 13.8 Å². The minimum atomic E-state index is -3.58. The lowest BCUT2D eigenvalue weighted by molar-refractivity contribution is -0.121. The highest BCUT2D eigenvalue weighted by Crippen LogP contribution is 2.21. The Bertz CT molecular complexity index is 894. The monoisotopic (exact) mass is 388 g/mol. The number of hydrogen-bond acceptors (Lipinski definition) is 3. The summed E-state index contributed by atoms with van der Waals surface area (Å²) in [6.07, 6.45) is 2.78. The van der Waals surface area contributed by atoms with Gasteiger partial charge in [0.05, 0.1) is 11.9 Å². The quantitative estimate of drug-likeness (QED) is 0.706. The molecule has 0 aromatic heterocycles. The van der Waals surface area contributed by atoms with Gasteiger partial charge >= 0.3 is 0 Å². The van der Waals surface area contributed by atoms with E-state index in [-0.39, 0.29) is 5.91 Å². The summed E-state index contributed by atoms with van der Waals surface area (Å²) in [6, 6.07) is 14.6. The zero-order chi connectivity index (χ0) is 20.0. The lowest BCUT2D eigenvalue weighted by Gasteiger charge is -2.28. The van der Waals surface area contributed by atoms with Gasteiger partial charge in [0.2, 0.25) is 15.9 Å². The zero-order valence-corrected chi connectivity index (χ0v) is 17.2. The van der Waals surface area contributed by atoms with Gasteiger partial charge in [-0.1, -0.05) is 42.0 Å². The summed E-state index contributed by atoms with van der Waals surface area (Å²) < 4.78 is 25.7. The van der Waals surface area contributed by atoms with Gasteiger partial charge in [0.15, 0.2) is 0 Å². The number of carbonyl (C=O) groups is 1. The highest BCUT2D eigenvalue weighted by Gasteiger charge is 2.28. The first kappa shape index (κ1) is 21.0. The van der Waals surface area contributed by atoms with E-state index < -0.39 is 16.1 Å². The number of sulfonamides is 1. The largest absolute Gasteiger partial charge is 0.354 e. The van der Waals surface area contributed by atoms with Gasteiger partial charge in [0, 0.05) is 6.54 Å². The molecule has 0 saturated carbocycles. The van der Waals surface area contributed by atoms with Crippen molar-refractivity contribution in [1.82, 2.24) is 5.32 Å². The Morgan fingerprint density at radius 2 is 1.70 bits per heavy atom. The Hall–Kier alpha value is -2.34. The van der Waals surface area contributed by atoms with Gasteiger partial charge in [-0.15, -0.1) is 0 Å². The molecular weight excluding hydrogens is 360 g/mol. The molecule has 0 aliphatic heterocycles. The summed E-state index contributed by atoms with van der Waals surface area (Å²) in [6.45, 7) is 6.06. The van der Waals surface area contributed by atoms with Crippen molar-refractivity contribution in [3.63, 3.8) is 0 Å². The van der Waals surface area contributed by atoms with Gasteiger partial charge in [0.25, 0.3) is 0 Å². The highest BCUT2D eigenvalue weighted by atomic mass is 32.2. The molecule has 5 nitrogen and oxygen atoms in total. The second-order valence-electron chi connectivity index (χ2n) is 6.96. The normalized spacial score (nSPS) is 12.4. The summed E-state index contributed by atoms with van der Waals surface area (Å²) in [7, 11) is -3.58. The molecular formula is C21H28N2O3S. The summed E-state index contributed by atoms with van der Waals surface area (Å²) in [5.41, 5.74) is 3.88. The highest BCUT2D eigenvalue weighted by molar-refractivity contribution is 7.92. The minimum Gasteiger partial charge on any atom is -0.354 e. The molecule has 1 N–H and O–H groups in total. The van der Waals surface area contributed by atoms with E-state index in [4.69, 9.17) is 0 Å². The third-order valence-corrected chi connectivity index (χ3v) is 5.61. The molecule has 0 spiro atoms. The van der Waals surface area contributed by atoms with Crippen molar-refractivity contribution in [1.29, 1.82) is 0 Å². The first-order valence-electron chi connectivity index (χ1n) is 9.08. The number of carbonyl (C=O) groups excluding carboxylic acids is 1. The smallest absolute Gasteiger partial charge is 0.243 e. The van der Waals surface area contributed by atoms with Gasteiger partial charge < -0.3 is 5.32 Å². The van der Waals surface area contributed by atoms with Crippen LogP contribution in [0.15, 0.2) is 48.5 Å². The van der Waals surface area contributed by atoms with Crippen LogP contribution in [0.2, 0.25) is 0 Å². The molecule has 0 fully saturated rings. The molecule has 0 saturated heterocycles. The predicted octanol–water partition coefficient (Wildman–Crippen LogP) is 3.21. The number of nitrogens with zero attached hydrogens (tertiary/aromatic N) is 1. The fraction of sp³-hybridized carbons (Fsp3) is 0.381. The molecule has 1 amide bonds. The van der Waals surface area contributed by atoms with Crippen molar-refractivity contribution in [2.45, 2.75) is 39.7 Å². The van der Waals surface area contributed by atoms with Crippen LogP contribution in [0.4, 0.5) is 5.69 Å². The lowest BCUT2D eigenvalue weighted by Crippen LogP contribution is -2.48. The molecule has 2 aromatic rings. The van der Waals surface area contributed by atoms with Crippen molar-refractivity contribution >= 4 is 21.6 Å². The van der Waals surface area contributed by atoms with E-state index in [1.54, 1.807) is 25.1 Å².